The second kappa shape index (κ2) is 8.71. The number of carbonyl (C=O) groups is 1. The van der Waals surface area contributed by atoms with Gasteiger partial charge in [-0.3, -0.25) is 15.0 Å². The molecule has 0 amide bonds. The Morgan fingerprint density at radius 2 is 2.19 bits per heavy atom. The van der Waals surface area contributed by atoms with Gasteiger partial charge in [-0.1, -0.05) is 6.92 Å². The normalized spacial score (nSPS) is 23.2. The first-order valence-corrected chi connectivity index (χ1v) is 8.22. The van der Waals surface area contributed by atoms with E-state index in [0.29, 0.717) is 12.5 Å². The molecule has 0 aromatic rings. The minimum atomic E-state index is -0.814. The summed E-state index contributed by atoms with van der Waals surface area (Å²) in [4.78, 5) is 13.9. The molecule has 0 spiro atoms. The van der Waals surface area contributed by atoms with Crippen LogP contribution in [0.4, 0.5) is 0 Å². The summed E-state index contributed by atoms with van der Waals surface area (Å²) in [5, 5.41) is 12.6. The summed E-state index contributed by atoms with van der Waals surface area (Å²) in [7, 11) is 0. The Kier molecular flexibility index (Phi) is 7.63. The monoisotopic (exact) mass is 300 g/mol. The van der Waals surface area contributed by atoms with Crippen molar-refractivity contribution in [1.82, 2.24) is 10.2 Å². The summed E-state index contributed by atoms with van der Waals surface area (Å²) in [5.41, 5.74) is -0.814. The largest absolute Gasteiger partial charge is 0.480 e. The van der Waals surface area contributed by atoms with Crippen LogP contribution in [0.25, 0.3) is 0 Å². The lowest BCUT2D eigenvalue weighted by molar-refractivity contribution is -0.144. The van der Waals surface area contributed by atoms with Crippen molar-refractivity contribution in [3.05, 3.63) is 0 Å². The van der Waals surface area contributed by atoms with Gasteiger partial charge in [0.15, 0.2) is 0 Å². The molecule has 2 unspecified atom stereocenters. The molecule has 1 saturated heterocycles. The number of carboxylic acid groups (broad SMARTS) is 1. The second-order valence-electron chi connectivity index (χ2n) is 6.60. The van der Waals surface area contributed by atoms with Gasteiger partial charge in [-0.25, -0.2) is 0 Å². The second-order valence-corrected chi connectivity index (χ2v) is 6.60. The zero-order valence-electron chi connectivity index (χ0n) is 14.0. The van der Waals surface area contributed by atoms with Crippen molar-refractivity contribution < 1.29 is 14.6 Å². The zero-order chi connectivity index (χ0) is 15.9. The summed E-state index contributed by atoms with van der Waals surface area (Å²) in [6.07, 6.45) is 4.06. The lowest BCUT2D eigenvalue weighted by atomic mass is 9.94. The van der Waals surface area contributed by atoms with E-state index < -0.39 is 11.5 Å². The van der Waals surface area contributed by atoms with Crippen LogP contribution in [0.15, 0.2) is 0 Å². The van der Waals surface area contributed by atoms with Crippen LogP contribution < -0.4 is 5.32 Å². The van der Waals surface area contributed by atoms with Crippen molar-refractivity contribution in [2.45, 2.75) is 71.1 Å². The molecule has 21 heavy (non-hydrogen) atoms. The van der Waals surface area contributed by atoms with Gasteiger partial charge in [0, 0.05) is 19.1 Å². The molecule has 124 valence electrons. The van der Waals surface area contributed by atoms with Crippen molar-refractivity contribution in [3.63, 3.8) is 0 Å². The number of rotatable bonds is 9. The van der Waals surface area contributed by atoms with Gasteiger partial charge in [-0.05, 0) is 53.0 Å². The van der Waals surface area contributed by atoms with Crippen molar-refractivity contribution >= 4 is 5.97 Å². The fourth-order valence-electron chi connectivity index (χ4n) is 2.92. The maximum Gasteiger partial charge on any atom is 0.323 e. The number of carboxylic acids is 1. The molecular weight excluding hydrogens is 268 g/mol. The average Bonchev–Trinajstić information content (AvgIpc) is 2.43. The Bertz CT molecular complexity index is 323. The predicted octanol–water partition coefficient (Wildman–Crippen LogP) is 2.11. The van der Waals surface area contributed by atoms with Crippen LogP contribution in [0.1, 0.15) is 53.4 Å². The smallest absolute Gasteiger partial charge is 0.323 e. The summed E-state index contributed by atoms with van der Waals surface area (Å²) in [6, 6.07) is 0.177. The molecule has 0 aromatic heterocycles. The lowest BCUT2D eigenvalue weighted by Crippen LogP contribution is -2.52. The minimum Gasteiger partial charge on any atom is -0.480 e. The van der Waals surface area contributed by atoms with Crippen LogP contribution in [0, 0.1) is 0 Å². The molecule has 1 rings (SSSR count). The lowest BCUT2D eigenvalue weighted by Gasteiger charge is -2.33. The van der Waals surface area contributed by atoms with Crippen molar-refractivity contribution in [1.29, 1.82) is 0 Å². The molecule has 1 aliphatic heterocycles. The Morgan fingerprint density at radius 3 is 2.76 bits per heavy atom. The number of hydrogen-bond acceptors (Lipinski definition) is 4. The Morgan fingerprint density at radius 1 is 1.48 bits per heavy atom. The van der Waals surface area contributed by atoms with E-state index >= 15 is 0 Å². The van der Waals surface area contributed by atoms with E-state index in [-0.39, 0.29) is 6.04 Å². The first-order chi connectivity index (χ1) is 9.87. The van der Waals surface area contributed by atoms with Crippen LogP contribution >= 0.6 is 0 Å². The number of morpholine rings is 1. The maximum atomic E-state index is 11.4. The molecule has 5 heteroatoms. The van der Waals surface area contributed by atoms with E-state index in [1.165, 1.54) is 0 Å². The van der Waals surface area contributed by atoms with Crippen molar-refractivity contribution in [2.75, 3.05) is 26.2 Å². The first-order valence-electron chi connectivity index (χ1n) is 8.22. The van der Waals surface area contributed by atoms with Gasteiger partial charge < -0.3 is 9.84 Å². The highest BCUT2D eigenvalue weighted by Gasteiger charge is 2.32. The summed E-state index contributed by atoms with van der Waals surface area (Å²) in [5.74, 6) is -0.756. The minimum absolute atomic E-state index is 0.177. The highest BCUT2D eigenvalue weighted by molar-refractivity contribution is 5.78. The van der Waals surface area contributed by atoms with Gasteiger partial charge >= 0.3 is 5.97 Å². The van der Waals surface area contributed by atoms with Crippen molar-refractivity contribution in [3.8, 4) is 0 Å². The third-order valence-corrected chi connectivity index (χ3v) is 4.16. The molecule has 0 aliphatic carbocycles. The standard InChI is InChI=1S/C16H32N2O3/c1-5-14-12-18(10-11-21-14)9-7-6-8-16(4,15(19)20)17-13(2)3/h13-14,17H,5-12H2,1-4H3,(H,19,20). The first kappa shape index (κ1) is 18.4. The molecule has 0 aromatic carbocycles. The molecule has 0 bridgehead atoms. The van der Waals surface area contributed by atoms with E-state index in [2.05, 4.69) is 17.1 Å². The van der Waals surface area contributed by atoms with Gasteiger partial charge in [0.1, 0.15) is 5.54 Å². The van der Waals surface area contributed by atoms with Gasteiger partial charge in [0.2, 0.25) is 0 Å². The number of ether oxygens (including phenoxy) is 1. The predicted molar refractivity (Wildman–Crippen MR) is 84.6 cm³/mol. The van der Waals surface area contributed by atoms with Gasteiger partial charge in [0.25, 0.3) is 0 Å². The molecule has 2 N–H and O–H groups in total. The van der Waals surface area contributed by atoms with E-state index in [9.17, 15) is 9.90 Å². The molecular formula is C16H32N2O3. The molecule has 1 heterocycles. The van der Waals surface area contributed by atoms with E-state index in [0.717, 1.165) is 45.5 Å². The highest BCUT2D eigenvalue weighted by atomic mass is 16.5. The van der Waals surface area contributed by atoms with Crippen LogP contribution in [-0.4, -0.2) is 59.9 Å². The molecule has 2 atom stereocenters. The number of hydrogen-bond donors (Lipinski definition) is 2. The molecule has 1 aliphatic rings. The maximum absolute atomic E-state index is 11.4. The molecule has 0 saturated carbocycles. The summed E-state index contributed by atoms with van der Waals surface area (Å²) >= 11 is 0. The SMILES string of the molecule is CCC1CN(CCCCC(C)(NC(C)C)C(=O)O)CCO1. The molecule has 1 fully saturated rings. The molecule has 5 nitrogen and oxygen atoms in total. The van der Waals surface area contributed by atoms with Crippen LogP contribution in [0.2, 0.25) is 0 Å². The third-order valence-electron chi connectivity index (χ3n) is 4.16. The third kappa shape index (κ3) is 6.32. The van der Waals surface area contributed by atoms with E-state index in [1.54, 1.807) is 6.92 Å². The summed E-state index contributed by atoms with van der Waals surface area (Å²) in [6.45, 7) is 11.8. The van der Waals surface area contributed by atoms with Gasteiger partial charge in [-0.15, -0.1) is 0 Å². The zero-order valence-corrected chi connectivity index (χ0v) is 14.0. The Labute approximate surface area is 129 Å². The van der Waals surface area contributed by atoms with Crippen LogP contribution in [0.3, 0.4) is 0 Å². The fourth-order valence-corrected chi connectivity index (χ4v) is 2.92. The number of nitrogens with one attached hydrogen (secondary N) is 1. The van der Waals surface area contributed by atoms with Gasteiger partial charge in [-0.2, -0.15) is 0 Å². The number of nitrogens with zero attached hydrogens (tertiary/aromatic N) is 1. The number of aliphatic carboxylic acids is 1. The van der Waals surface area contributed by atoms with Crippen molar-refractivity contribution in [2.24, 2.45) is 0 Å². The van der Waals surface area contributed by atoms with Gasteiger partial charge in [0.05, 0.1) is 12.7 Å². The average molecular weight is 300 g/mol. The van der Waals surface area contributed by atoms with Crippen LogP contribution in [-0.2, 0) is 9.53 Å². The Balaban J connectivity index is 2.29. The quantitative estimate of drug-likeness (QED) is 0.639. The molecule has 0 radical (unpaired) electrons. The summed E-state index contributed by atoms with van der Waals surface area (Å²) < 4.78 is 5.66. The van der Waals surface area contributed by atoms with E-state index in [4.69, 9.17) is 4.74 Å². The number of unbranched alkanes of at least 4 members (excludes halogenated alkanes) is 1. The fraction of sp³-hybridized carbons (Fsp3) is 0.938. The topological polar surface area (TPSA) is 61.8 Å². The van der Waals surface area contributed by atoms with E-state index in [1.807, 2.05) is 13.8 Å². The Hall–Kier alpha value is -0.650. The van der Waals surface area contributed by atoms with Crippen LogP contribution in [0.5, 0.6) is 0 Å². The highest BCUT2D eigenvalue weighted by Crippen LogP contribution is 2.16.